The minimum atomic E-state index is -3.10. The number of nitrogens with zero attached hydrogens (tertiary/aromatic N) is 2. The molecule has 1 N–H and O–H groups in total. The summed E-state index contributed by atoms with van der Waals surface area (Å²) in [5.74, 6) is 1.57. The smallest absolute Gasteiger partial charge is 0.186 e. The van der Waals surface area contributed by atoms with Crippen LogP contribution in [0, 0.1) is 6.92 Å². The molecular weight excluding hydrogens is 326 g/mol. The third-order valence-electron chi connectivity index (χ3n) is 3.38. The van der Waals surface area contributed by atoms with E-state index in [1.807, 2.05) is 11.8 Å². The molecule has 2 heterocycles. The van der Waals surface area contributed by atoms with E-state index in [0.717, 1.165) is 29.7 Å². The Bertz CT molecular complexity index is 583. The molecule has 1 saturated heterocycles. The van der Waals surface area contributed by atoms with Gasteiger partial charge in [0, 0.05) is 41.8 Å². The van der Waals surface area contributed by atoms with Gasteiger partial charge in [-0.3, -0.25) is 0 Å². The van der Waals surface area contributed by atoms with Gasteiger partial charge >= 0.3 is 0 Å². The topological polar surface area (TPSA) is 62.3 Å². The van der Waals surface area contributed by atoms with Crippen LogP contribution < -0.4 is 10.2 Å². The molecule has 1 unspecified atom stereocenters. The third-order valence-corrected chi connectivity index (χ3v) is 7.21. The van der Waals surface area contributed by atoms with Gasteiger partial charge in [-0.1, -0.05) is 13.8 Å². The molecule has 0 spiro atoms. The van der Waals surface area contributed by atoms with Crippen LogP contribution in [0.25, 0.3) is 0 Å². The van der Waals surface area contributed by atoms with Gasteiger partial charge in [0.25, 0.3) is 0 Å². The highest BCUT2D eigenvalue weighted by atomic mass is 32.2. The molecule has 5 nitrogen and oxygen atoms in total. The highest BCUT2D eigenvalue weighted by Crippen LogP contribution is 2.32. The molecule has 1 aliphatic heterocycles. The molecule has 1 aliphatic rings. The fourth-order valence-electron chi connectivity index (χ4n) is 2.15. The molecule has 0 bridgehead atoms. The number of hydrogen-bond acceptors (Lipinski definition) is 7. The first kappa shape index (κ1) is 17.1. The fourth-order valence-corrected chi connectivity index (χ4v) is 6.12. The van der Waals surface area contributed by atoms with Crippen LogP contribution in [0.3, 0.4) is 0 Å². The summed E-state index contributed by atoms with van der Waals surface area (Å²) in [6, 6.07) is 0.421. The van der Waals surface area contributed by atoms with E-state index in [1.165, 1.54) is 11.1 Å². The van der Waals surface area contributed by atoms with Gasteiger partial charge < -0.3 is 10.2 Å². The van der Waals surface area contributed by atoms with E-state index in [2.05, 4.69) is 24.1 Å². The highest BCUT2D eigenvalue weighted by Gasteiger charge is 2.33. The molecule has 21 heavy (non-hydrogen) atoms. The number of sulfone groups is 1. The lowest BCUT2D eigenvalue weighted by molar-refractivity contribution is 0.584. The minimum Gasteiger partial charge on any atom is -0.329 e. The lowest BCUT2D eigenvalue weighted by Crippen LogP contribution is -2.47. The fraction of sp³-hybridized carbons (Fsp3) is 0.769. The lowest BCUT2D eigenvalue weighted by Gasteiger charge is -2.33. The highest BCUT2D eigenvalue weighted by molar-refractivity contribution is 8.01. The summed E-state index contributed by atoms with van der Waals surface area (Å²) in [4.78, 5) is 7.75. The Hall–Kier alpha value is -0.310. The molecule has 0 aromatic carbocycles. The Kier molecular flexibility index (Phi) is 5.56. The second kappa shape index (κ2) is 6.85. The maximum absolute atomic E-state index is 12.0. The van der Waals surface area contributed by atoms with E-state index in [0.29, 0.717) is 11.8 Å². The molecule has 1 aromatic rings. The van der Waals surface area contributed by atoms with Crippen LogP contribution in [0.15, 0.2) is 0 Å². The Labute approximate surface area is 135 Å². The quantitative estimate of drug-likeness (QED) is 0.876. The van der Waals surface area contributed by atoms with E-state index in [1.54, 1.807) is 23.1 Å². The molecule has 120 valence electrons. The van der Waals surface area contributed by atoms with Crippen LogP contribution in [-0.2, 0) is 16.4 Å². The predicted molar refractivity (Wildman–Crippen MR) is 92.1 cm³/mol. The number of rotatable bonds is 5. The van der Waals surface area contributed by atoms with Crippen molar-refractivity contribution in [2.45, 2.75) is 38.7 Å². The zero-order valence-corrected chi connectivity index (χ0v) is 15.4. The number of thioether (sulfide) groups is 1. The minimum absolute atomic E-state index is 0.421. The van der Waals surface area contributed by atoms with Crippen molar-refractivity contribution in [3.63, 3.8) is 0 Å². The molecule has 0 saturated carbocycles. The molecule has 8 heteroatoms. The lowest BCUT2D eigenvalue weighted by atomic mass is 10.3. The first-order valence-corrected chi connectivity index (χ1v) is 10.9. The first-order valence-electron chi connectivity index (χ1n) is 7.02. The van der Waals surface area contributed by atoms with Crippen molar-refractivity contribution < 1.29 is 8.42 Å². The zero-order valence-electron chi connectivity index (χ0n) is 12.9. The van der Waals surface area contributed by atoms with Crippen LogP contribution in [0.2, 0.25) is 0 Å². The van der Waals surface area contributed by atoms with E-state index >= 15 is 0 Å². The van der Waals surface area contributed by atoms with Gasteiger partial charge in [0.15, 0.2) is 15.0 Å². The largest absolute Gasteiger partial charge is 0.329 e. The van der Waals surface area contributed by atoms with Crippen molar-refractivity contribution in [1.82, 2.24) is 10.3 Å². The average Bonchev–Trinajstić information content (AvgIpc) is 2.77. The van der Waals surface area contributed by atoms with Crippen LogP contribution >= 0.6 is 23.1 Å². The Morgan fingerprint density at radius 1 is 1.48 bits per heavy atom. The molecule has 1 fully saturated rings. The van der Waals surface area contributed by atoms with Crippen LogP contribution in [0.4, 0.5) is 5.13 Å². The van der Waals surface area contributed by atoms with Crippen LogP contribution in [0.1, 0.15) is 24.4 Å². The van der Waals surface area contributed by atoms with Crippen molar-refractivity contribution in [1.29, 1.82) is 0 Å². The Balaban J connectivity index is 2.21. The monoisotopic (exact) mass is 349 g/mol. The summed E-state index contributed by atoms with van der Waals surface area (Å²) in [7, 11) is -3.10. The molecular formula is C13H23N3O2S3. The summed E-state index contributed by atoms with van der Waals surface area (Å²) >= 11 is 3.30. The molecule has 1 aromatic heterocycles. The number of hydrogen-bond donors (Lipinski definition) is 1. The van der Waals surface area contributed by atoms with Gasteiger partial charge in [-0.15, -0.1) is 11.3 Å². The van der Waals surface area contributed by atoms with E-state index < -0.39 is 15.2 Å². The third kappa shape index (κ3) is 4.34. The number of aromatic nitrogens is 1. The van der Waals surface area contributed by atoms with Gasteiger partial charge in [-0.25, -0.2) is 13.4 Å². The molecule has 0 aliphatic carbocycles. The Morgan fingerprint density at radius 3 is 2.81 bits per heavy atom. The maximum atomic E-state index is 12.0. The molecule has 2 rings (SSSR count). The van der Waals surface area contributed by atoms with E-state index in [-0.39, 0.29) is 0 Å². The normalized spacial score (nSPS) is 20.2. The number of aryl methyl sites for hydroxylation is 1. The number of anilines is 1. The number of nitrogens with one attached hydrogen (secondary N) is 1. The summed E-state index contributed by atoms with van der Waals surface area (Å²) in [5, 5.41) is 3.78. The van der Waals surface area contributed by atoms with Gasteiger partial charge in [-0.2, -0.15) is 11.8 Å². The van der Waals surface area contributed by atoms with E-state index in [9.17, 15) is 8.42 Å². The van der Waals surface area contributed by atoms with Crippen molar-refractivity contribution in [3.05, 3.63) is 10.6 Å². The zero-order chi connectivity index (χ0) is 15.6. The molecule has 0 radical (unpaired) electrons. The summed E-state index contributed by atoms with van der Waals surface area (Å²) < 4.78 is 24.0. The van der Waals surface area contributed by atoms with Gasteiger partial charge in [0.05, 0.1) is 5.69 Å². The first-order chi connectivity index (χ1) is 9.79. The van der Waals surface area contributed by atoms with Crippen molar-refractivity contribution in [2.24, 2.45) is 0 Å². The molecule has 1 atom stereocenters. The number of thiazole rings is 1. The second-order valence-corrected chi connectivity index (χ2v) is 10.0. The average molecular weight is 350 g/mol. The van der Waals surface area contributed by atoms with Gasteiger partial charge in [0.1, 0.15) is 5.37 Å². The van der Waals surface area contributed by atoms with Gasteiger partial charge in [-0.05, 0) is 6.92 Å². The Morgan fingerprint density at radius 2 is 2.19 bits per heavy atom. The van der Waals surface area contributed by atoms with Crippen molar-refractivity contribution in [3.8, 4) is 0 Å². The predicted octanol–water partition coefficient (Wildman–Crippen LogP) is 1.87. The summed E-state index contributed by atoms with van der Waals surface area (Å²) in [6.45, 7) is 7.74. The molecule has 0 amide bonds. The van der Waals surface area contributed by atoms with Crippen molar-refractivity contribution in [2.75, 3.05) is 29.2 Å². The maximum Gasteiger partial charge on any atom is 0.186 e. The van der Waals surface area contributed by atoms with Crippen molar-refractivity contribution >= 4 is 38.1 Å². The van der Waals surface area contributed by atoms with Crippen LogP contribution in [0.5, 0.6) is 0 Å². The summed E-state index contributed by atoms with van der Waals surface area (Å²) in [6.07, 6.45) is 1.32. The SMILES string of the molecule is Cc1nc(N2CCSCC2S(C)(=O)=O)sc1CNC(C)C. The van der Waals surface area contributed by atoms with Gasteiger partial charge in [0.2, 0.25) is 0 Å². The van der Waals surface area contributed by atoms with Crippen LogP contribution in [-0.4, -0.2) is 49.1 Å². The standard InChI is InChI=1S/C13H23N3O2S3/c1-9(2)14-7-11-10(3)15-13(20-11)16-5-6-19-8-12(16)21(4,17)18/h9,12,14H,5-8H2,1-4H3. The van der Waals surface area contributed by atoms with E-state index in [4.69, 9.17) is 0 Å². The summed E-state index contributed by atoms with van der Waals surface area (Å²) in [5.41, 5.74) is 0.994. The second-order valence-electron chi connectivity index (χ2n) is 5.59.